The molecule has 0 bridgehead atoms. The molecule has 4 rings (SSSR count). The molecule has 124 valence electrons. The summed E-state index contributed by atoms with van der Waals surface area (Å²) in [5.74, 6) is 0.0783. The lowest BCUT2D eigenvalue weighted by Crippen LogP contribution is -2.26. The van der Waals surface area contributed by atoms with Gasteiger partial charge in [-0.25, -0.2) is 4.98 Å². The van der Waals surface area contributed by atoms with E-state index in [0.29, 0.717) is 30.1 Å². The highest BCUT2D eigenvalue weighted by atomic mass is 16.6. The van der Waals surface area contributed by atoms with Crippen LogP contribution in [0.5, 0.6) is 0 Å². The van der Waals surface area contributed by atoms with Crippen LogP contribution < -0.4 is 4.90 Å². The molecule has 1 amide bonds. The third-order valence-corrected chi connectivity index (χ3v) is 4.12. The molecule has 1 aliphatic rings. The van der Waals surface area contributed by atoms with Crippen molar-refractivity contribution in [3.05, 3.63) is 70.1 Å². The number of carbonyl (C=O) groups excluding carboxylic acids is 1. The fraction of sp³-hybridized carbons (Fsp3) is 0.111. The second kappa shape index (κ2) is 5.86. The molecular formula is C18H13N3O4. The monoisotopic (exact) mass is 335 g/mol. The Morgan fingerprint density at radius 3 is 2.92 bits per heavy atom. The first-order valence-corrected chi connectivity index (χ1v) is 7.74. The molecule has 1 aliphatic heterocycles. The summed E-state index contributed by atoms with van der Waals surface area (Å²) >= 11 is 0. The van der Waals surface area contributed by atoms with E-state index in [-0.39, 0.29) is 11.6 Å². The fourth-order valence-electron chi connectivity index (χ4n) is 2.90. The van der Waals surface area contributed by atoms with Crippen LogP contribution in [0.2, 0.25) is 0 Å². The molecule has 0 saturated heterocycles. The summed E-state index contributed by atoms with van der Waals surface area (Å²) in [6.07, 6.45) is 3.56. The van der Waals surface area contributed by atoms with Crippen molar-refractivity contribution in [2.24, 2.45) is 0 Å². The Morgan fingerprint density at radius 1 is 1.28 bits per heavy atom. The number of hydrogen-bond acceptors (Lipinski definition) is 5. The van der Waals surface area contributed by atoms with E-state index in [1.54, 1.807) is 12.1 Å². The van der Waals surface area contributed by atoms with Crippen LogP contribution in [0.1, 0.15) is 11.5 Å². The molecule has 0 atom stereocenters. The maximum absolute atomic E-state index is 12.5. The lowest BCUT2D eigenvalue weighted by atomic mass is 10.1. The van der Waals surface area contributed by atoms with Crippen LogP contribution in [-0.4, -0.2) is 22.4 Å². The maximum atomic E-state index is 12.5. The number of oxazole rings is 1. The van der Waals surface area contributed by atoms with Gasteiger partial charge < -0.3 is 9.32 Å². The number of rotatable bonds is 3. The predicted molar refractivity (Wildman–Crippen MR) is 92.2 cm³/mol. The Balaban J connectivity index is 1.58. The minimum absolute atomic E-state index is 0.0265. The van der Waals surface area contributed by atoms with E-state index in [4.69, 9.17) is 4.42 Å². The molecule has 25 heavy (non-hydrogen) atoms. The molecule has 2 heterocycles. The van der Waals surface area contributed by atoms with Crippen LogP contribution in [0.25, 0.3) is 17.2 Å². The first-order valence-electron chi connectivity index (χ1n) is 7.74. The molecule has 7 nitrogen and oxygen atoms in total. The number of nitro groups is 1. The van der Waals surface area contributed by atoms with Crippen molar-refractivity contribution in [3.8, 4) is 0 Å². The average molecular weight is 335 g/mol. The van der Waals surface area contributed by atoms with E-state index in [0.717, 1.165) is 11.1 Å². The van der Waals surface area contributed by atoms with Crippen molar-refractivity contribution in [2.75, 3.05) is 11.4 Å². The Bertz CT molecular complexity index is 989. The predicted octanol–water partition coefficient (Wildman–Crippen LogP) is 3.34. The number of fused-ring (bicyclic) bond motifs is 2. The van der Waals surface area contributed by atoms with Crippen molar-refractivity contribution in [1.29, 1.82) is 0 Å². The summed E-state index contributed by atoms with van der Waals surface area (Å²) in [5.41, 5.74) is 2.85. The molecule has 0 unspecified atom stereocenters. The SMILES string of the molecule is O=C(/C=C/c1nc2ccccc2o1)N1CCc2ccc([N+](=O)[O-])cc21. The second-order valence-corrected chi connectivity index (χ2v) is 5.66. The normalized spacial score (nSPS) is 13.5. The quantitative estimate of drug-likeness (QED) is 0.416. The average Bonchev–Trinajstić information content (AvgIpc) is 3.22. The molecular weight excluding hydrogens is 322 g/mol. The van der Waals surface area contributed by atoms with E-state index in [1.165, 1.54) is 29.2 Å². The van der Waals surface area contributed by atoms with Crippen molar-refractivity contribution >= 4 is 34.5 Å². The fourth-order valence-corrected chi connectivity index (χ4v) is 2.90. The molecule has 0 N–H and O–H groups in total. The lowest BCUT2D eigenvalue weighted by Gasteiger charge is -2.14. The van der Waals surface area contributed by atoms with Crippen molar-refractivity contribution in [2.45, 2.75) is 6.42 Å². The van der Waals surface area contributed by atoms with Gasteiger partial charge in [0.1, 0.15) is 5.52 Å². The van der Waals surface area contributed by atoms with Crippen LogP contribution in [-0.2, 0) is 11.2 Å². The summed E-state index contributed by atoms with van der Waals surface area (Å²) in [5, 5.41) is 10.9. The summed E-state index contributed by atoms with van der Waals surface area (Å²) in [7, 11) is 0. The molecule has 3 aromatic rings. The first-order chi connectivity index (χ1) is 12.1. The number of para-hydroxylation sites is 2. The van der Waals surface area contributed by atoms with Gasteiger partial charge in [-0.2, -0.15) is 0 Å². The van der Waals surface area contributed by atoms with Crippen molar-refractivity contribution in [1.82, 2.24) is 4.98 Å². The molecule has 0 saturated carbocycles. The molecule has 0 fully saturated rings. The minimum atomic E-state index is -0.463. The van der Waals surface area contributed by atoms with Crippen LogP contribution in [0.3, 0.4) is 0 Å². The molecule has 0 spiro atoms. The van der Waals surface area contributed by atoms with Gasteiger partial charge in [-0.05, 0) is 24.1 Å². The standard InChI is InChI=1S/C18H13N3O4/c22-18(8-7-17-19-14-3-1-2-4-16(14)25-17)20-10-9-12-5-6-13(21(23)24)11-15(12)20/h1-8,11H,9-10H2/b8-7+. The van der Waals surface area contributed by atoms with Crippen LogP contribution in [0, 0.1) is 10.1 Å². The summed E-state index contributed by atoms with van der Waals surface area (Å²) in [6, 6.07) is 11.9. The van der Waals surface area contributed by atoms with Gasteiger partial charge in [-0.1, -0.05) is 18.2 Å². The largest absolute Gasteiger partial charge is 0.437 e. The third kappa shape index (κ3) is 2.76. The molecule has 0 radical (unpaired) electrons. The van der Waals surface area contributed by atoms with Crippen LogP contribution >= 0.6 is 0 Å². The number of aromatic nitrogens is 1. The van der Waals surface area contributed by atoms with Crippen LogP contribution in [0.15, 0.2) is 53.0 Å². The number of non-ortho nitro benzene ring substituents is 1. The zero-order valence-corrected chi connectivity index (χ0v) is 13.1. The highest BCUT2D eigenvalue weighted by Gasteiger charge is 2.25. The van der Waals surface area contributed by atoms with Crippen molar-refractivity contribution in [3.63, 3.8) is 0 Å². The second-order valence-electron chi connectivity index (χ2n) is 5.66. The zero-order chi connectivity index (χ0) is 17.4. The Morgan fingerprint density at radius 2 is 2.12 bits per heavy atom. The lowest BCUT2D eigenvalue weighted by molar-refractivity contribution is -0.384. The van der Waals surface area contributed by atoms with Crippen molar-refractivity contribution < 1.29 is 14.1 Å². The number of carbonyl (C=O) groups is 1. The van der Waals surface area contributed by atoms with Gasteiger partial charge in [0.15, 0.2) is 5.58 Å². The topological polar surface area (TPSA) is 89.5 Å². The van der Waals surface area contributed by atoms with E-state index >= 15 is 0 Å². The highest BCUT2D eigenvalue weighted by Crippen LogP contribution is 2.31. The zero-order valence-electron chi connectivity index (χ0n) is 13.1. The van der Waals surface area contributed by atoms with E-state index in [1.807, 2.05) is 18.2 Å². The molecule has 0 aliphatic carbocycles. The third-order valence-electron chi connectivity index (χ3n) is 4.12. The summed E-state index contributed by atoms with van der Waals surface area (Å²) in [6.45, 7) is 0.493. The number of amides is 1. The Labute approximate surface area is 142 Å². The molecule has 2 aromatic carbocycles. The highest BCUT2D eigenvalue weighted by molar-refractivity contribution is 6.05. The molecule has 1 aromatic heterocycles. The van der Waals surface area contributed by atoms with E-state index in [2.05, 4.69) is 4.98 Å². The number of nitrogens with zero attached hydrogens (tertiary/aromatic N) is 3. The van der Waals surface area contributed by atoms with E-state index in [9.17, 15) is 14.9 Å². The number of nitro benzene ring substituents is 1. The smallest absolute Gasteiger partial charge is 0.271 e. The van der Waals surface area contributed by atoms with Gasteiger partial charge in [-0.3, -0.25) is 14.9 Å². The maximum Gasteiger partial charge on any atom is 0.271 e. The number of anilines is 1. The van der Waals surface area contributed by atoms with Gasteiger partial charge in [0, 0.05) is 30.8 Å². The number of hydrogen-bond donors (Lipinski definition) is 0. The first kappa shape index (κ1) is 15.1. The van der Waals surface area contributed by atoms with Crippen LogP contribution in [0.4, 0.5) is 11.4 Å². The Kier molecular flexibility index (Phi) is 3.53. The van der Waals surface area contributed by atoms with Gasteiger partial charge in [0.25, 0.3) is 11.6 Å². The van der Waals surface area contributed by atoms with E-state index < -0.39 is 4.92 Å². The van der Waals surface area contributed by atoms with Gasteiger partial charge in [0.2, 0.25) is 5.89 Å². The van der Waals surface area contributed by atoms with Gasteiger partial charge in [-0.15, -0.1) is 0 Å². The summed E-state index contributed by atoms with van der Waals surface area (Å²) in [4.78, 5) is 28.8. The molecule has 7 heteroatoms. The summed E-state index contributed by atoms with van der Waals surface area (Å²) < 4.78 is 5.54. The van der Waals surface area contributed by atoms with Gasteiger partial charge >= 0.3 is 0 Å². The van der Waals surface area contributed by atoms with Gasteiger partial charge in [0.05, 0.1) is 10.6 Å². The Hall–Kier alpha value is -3.48. The minimum Gasteiger partial charge on any atom is -0.437 e. The number of benzene rings is 2.